The predicted molar refractivity (Wildman–Crippen MR) is 59.0 cm³/mol. The maximum absolute atomic E-state index is 12.0. The number of hydrogen-bond donors (Lipinski definition) is 0. The van der Waals surface area contributed by atoms with Crippen LogP contribution < -0.4 is 0 Å². The van der Waals surface area contributed by atoms with Gasteiger partial charge in [-0.2, -0.15) is 5.26 Å². The molecule has 2 heterocycles. The number of imide groups is 1. The highest BCUT2D eigenvalue weighted by Gasteiger charge is 2.38. The molecule has 0 unspecified atom stereocenters. The van der Waals surface area contributed by atoms with Crippen LogP contribution >= 0.6 is 0 Å². The topological polar surface area (TPSA) is 74.1 Å². The molecule has 1 aromatic heterocycles. The first-order chi connectivity index (χ1) is 7.96. The Labute approximate surface area is 98.7 Å². The summed E-state index contributed by atoms with van der Waals surface area (Å²) in [6, 6.07) is 3.60. The van der Waals surface area contributed by atoms with Gasteiger partial charge >= 0.3 is 0 Å². The first-order valence-electron chi connectivity index (χ1n) is 5.18. The van der Waals surface area contributed by atoms with Gasteiger partial charge in [-0.25, -0.2) is 0 Å². The van der Waals surface area contributed by atoms with Gasteiger partial charge in [-0.05, 0) is 19.9 Å². The Morgan fingerprint density at radius 3 is 2.59 bits per heavy atom. The van der Waals surface area contributed by atoms with Crippen LogP contribution in [0.4, 0.5) is 0 Å². The number of rotatable bonds is 2. The summed E-state index contributed by atoms with van der Waals surface area (Å²) in [7, 11) is 0. The zero-order valence-corrected chi connectivity index (χ0v) is 9.60. The number of nitrogens with zero attached hydrogens (tertiary/aromatic N) is 3. The Bertz CT molecular complexity index is 508. The highest BCUT2D eigenvalue weighted by atomic mass is 16.2. The summed E-state index contributed by atoms with van der Waals surface area (Å²) >= 11 is 0. The van der Waals surface area contributed by atoms with Gasteiger partial charge in [-0.3, -0.25) is 19.5 Å². The lowest BCUT2D eigenvalue weighted by atomic mass is 9.95. The van der Waals surface area contributed by atoms with Gasteiger partial charge in [0.15, 0.2) is 0 Å². The molecule has 5 heteroatoms. The van der Waals surface area contributed by atoms with E-state index in [0.717, 1.165) is 4.90 Å². The number of carbonyl (C=O) groups is 2. The van der Waals surface area contributed by atoms with Crippen molar-refractivity contribution in [2.24, 2.45) is 5.41 Å². The molecule has 0 saturated carbocycles. The molecule has 0 aliphatic carbocycles. The van der Waals surface area contributed by atoms with Crippen LogP contribution in [0.5, 0.6) is 0 Å². The van der Waals surface area contributed by atoms with Gasteiger partial charge in [0.1, 0.15) is 0 Å². The summed E-state index contributed by atoms with van der Waals surface area (Å²) in [5.74, 6) is -0.725. The molecule has 86 valence electrons. The third-order valence-corrected chi connectivity index (χ3v) is 2.63. The molecule has 2 rings (SSSR count). The number of pyridine rings is 1. The number of fused-ring (bicyclic) bond motifs is 1. The smallest absolute Gasteiger partial charge is 0.263 e. The largest absolute Gasteiger partial charge is 0.273 e. The van der Waals surface area contributed by atoms with E-state index in [-0.39, 0.29) is 18.4 Å². The normalized spacial score (nSPS) is 14.8. The highest BCUT2D eigenvalue weighted by Crippen LogP contribution is 2.25. The van der Waals surface area contributed by atoms with Crippen molar-refractivity contribution in [2.45, 2.75) is 13.8 Å². The first-order valence-corrected chi connectivity index (χ1v) is 5.18. The van der Waals surface area contributed by atoms with Crippen LogP contribution in [-0.2, 0) is 0 Å². The summed E-state index contributed by atoms with van der Waals surface area (Å²) in [5.41, 5.74) is -0.0779. The fourth-order valence-electron chi connectivity index (χ4n) is 1.71. The van der Waals surface area contributed by atoms with Crippen LogP contribution in [0.15, 0.2) is 18.5 Å². The van der Waals surface area contributed by atoms with E-state index in [1.54, 1.807) is 13.8 Å². The molecule has 0 bridgehead atoms. The minimum Gasteiger partial charge on any atom is -0.273 e. The molecule has 0 aromatic carbocycles. The van der Waals surface area contributed by atoms with Gasteiger partial charge in [0.05, 0.1) is 22.6 Å². The minimum atomic E-state index is -0.749. The number of hydrogen-bond acceptors (Lipinski definition) is 4. The van der Waals surface area contributed by atoms with E-state index in [0.29, 0.717) is 11.1 Å². The SMILES string of the molecule is CC(C)(C#N)CN1C(=O)c2ccncc2C1=O. The van der Waals surface area contributed by atoms with Crippen molar-refractivity contribution in [1.29, 1.82) is 5.26 Å². The molecule has 0 atom stereocenters. The highest BCUT2D eigenvalue weighted by molar-refractivity contribution is 6.21. The number of nitriles is 1. The summed E-state index contributed by atoms with van der Waals surface area (Å²) in [5, 5.41) is 8.93. The van der Waals surface area contributed by atoms with Crippen molar-refractivity contribution in [2.75, 3.05) is 6.54 Å². The molecule has 1 aliphatic heterocycles. The Balaban J connectivity index is 2.35. The van der Waals surface area contributed by atoms with Crippen molar-refractivity contribution in [3.63, 3.8) is 0 Å². The van der Waals surface area contributed by atoms with E-state index in [4.69, 9.17) is 5.26 Å². The van der Waals surface area contributed by atoms with Crippen LogP contribution in [0.3, 0.4) is 0 Å². The third-order valence-electron chi connectivity index (χ3n) is 2.63. The number of carbonyl (C=O) groups excluding carboxylic acids is 2. The van der Waals surface area contributed by atoms with Crippen LogP contribution in [0.25, 0.3) is 0 Å². The van der Waals surface area contributed by atoms with Crippen molar-refractivity contribution in [3.05, 3.63) is 29.6 Å². The van der Waals surface area contributed by atoms with Crippen molar-refractivity contribution >= 4 is 11.8 Å². The standard InChI is InChI=1S/C12H11N3O2/c1-12(2,6-13)7-15-10(16)8-3-4-14-5-9(8)11(15)17/h3-5H,7H2,1-2H3. The van der Waals surface area contributed by atoms with E-state index in [9.17, 15) is 9.59 Å². The van der Waals surface area contributed by atoms with Gasteiger partial charge in [0.2, 0.25) is 0 Å². The number of aromatic nitrogens is 1. The second-order valence-electron chi connectivity index (χ2n) is 4.61. The average Bonchev–Trinajstić information content (AvgIpc) is 2.55. The molecule has 5 nitrogen and oxygen atoms in total. The summed E-state index contributed by atoms with van der Waals surface area (Å²) in [6.45, 7) is 3.47. The van der Waals surface area contributed by atoms with Gasteiger partial charge < -0.3 is 0 Å². The van der Waals surface area contributed by atoms with Gasteiger partial charge in [-0.15, -0.1) is 0 Å². The van der Waals surface area contributed by atoms with Crippen LogP contribution in [0, 0.1) is 16.7 Å². The maximum atomic E-state index is 12.0. The van der Waals surface area contributed by atoms with Crippen molar-refractivity contribution < 1.29 is 9.59 Å². The maximum Gasteiger partial charge on any atom is 0.263 e. The van der Waals surface area contributed by atoms with Crippen LogP contribution in [-0.4, -0.2) is 28.2 Å². The lowest BCUT2D eigenvalue weighted by Gasteiger charge is -2.22. The second kappa shape index (κ2) is 3.67. The Kier molecular flexibility index (Phi) is 2.43. The van der Waals surface area contributed by atoms with E-state index in [2.05, 4.69) is 11.1 Å². The van der Waals surface area contributed by atoms with E-state index in [1.165, 1.54) is 18.5 Å². The quantitative estimate of drug-likeness (QED) is 0.715. The van der Waals surface area contributed by atoms with Crippen LogP contribution in [0.1, 0.15) is 34.6 Å². The van der Waals surface area contributed by atoms with Crippen LogP contribution in [0.2, 0.25) is 0 Å². The fourth-order valence-corrected chi connectivity index (χ4v) is 1.71. The molecule has 1 aromatic rings. The molecule has 0 saturated heterocycles. The lowest BCUT2D eigenvalue weighted by molar-refractivity contribution is 0.0616. The third kappa shape index (κ3) is 1.78. The van der Waals surface area contributed by atoms with Crippen molar-refractivity contribution in [3.8, 4) is 6.07 Å². The molecule has 0 fully saturated rings. The molecular formula is C12H11N3O2. The zero-order chi connectivity index (χ0) is 12.6. The molecule has 2 amide bonds. The molecule has 1 aliphatic rings. The minimum absolute atomic E-state index is 0.0931. The fraction of sp³-hybridized carbons (Fsp3) is 0.333. The summed E-state index contributed by atoms with van der Waals surface area (Å²) in [4.78, 5) is 28.9. The molecular weight excluding hydrogens is 218 g/mol. The van der Waals surface area contributed by atoms with E-state index >= 15 is 0 Å². The summed E-state index contributed by atoms with van der Waals surface area (Å²) < 4.78 is 0. The zero-order valence-electron chi connectivity index (χ0n) is 9.60. The predicted octanol–water partition coefficient (Wildman–Crippen LogP) is 1.23. The van der Waals surface area contributed by atoms with Gasteiger partial charge in [-0.1, -0.05) is 0 Å². The molecule has 0 radical (unpaired) electrons. The summed E-state index contributed by atoms with van der Waals surface area (Å²) in [6.07, 6.45) is 2.86. The van der Waals surface area contributed by atoms with Gasteiger partial charge in [0, 0.05) is 18.9 Å². The lowest BCUT2D eigenvalue weighted by Crippen LogP contribution is -2.37. The van der Waals surface area contributed by atoms with E-state index < -0.39 is 5.41 Å². The monoisotopic (exact) mass is 229 g/mol. The molecule has 0 spiro atoms. The second-order valence-corrected chi connectivity index (χ2v) is 4.61. The first kappa shape index (κ1) is 11.3. The van der Waals surface area contributed by atoms with Crippen molar-refractivity contribution in [1.82, 2.24) is 9.88 Å². The Morgan fingerprint density at radius 2 is 2.00 bits per heavy atom. The Morgan fingerprint density at radius 1 is 1.35 bits per heavy atom. The number of amides is 2. The molecule has 17 heavy (non-hydrogen) atoms. The Hall–Kier alpha value is -2.22. The molecule has 0 N–H and O–H groups in total. The average molecular weight is 229 g/mol. The van der Waals surface area contributed by atoms with Gasteiger partial charge in [0.25, 0.3) is 11.8 Å². The van der Waals surface area contributed by atoms with E-state index in [1.807, 2.05) is 0 Å².